The van der Waals surface area contributed by atoms with Crippen molar-refractivity contribution in [1.29, 1.82) is 0 Å². The van der Waals surface area contributed by atoms with Crippen molar-refractivity contribution in [1.82, 2.24) is 9.99 Å². The number of ether oxygens (including phenoxy) is 1. The van der Waals surface area contributed by atoms with Crippen LogP contribution in [-0.4, -0.2) is 28.6 Å². The van der Waals surface area contributed by atoms with Crippen LogP contribution >= 0.6 is 12.2 Å². The lowest BCUT2D eigenvalue weighted by Crippen LogP contribution is -2.23. The fourth-order valence-electron chi connectivity index (χ4n) is 3.07. The summed E-state index contributed by atoms with van der Waals surface area (Å²) in [5, 5.41) is 7.82. The third kappa shape index (κ3) is 4.67. The Labute approximate surface area is 154 Å². The first-order chi connectivity index (χ1) is 12.1. The molecule has 2 N–H and O–H groups in total. The van der Waals surface area contributed by atoms with E-state index < -0.39 is 0 Å². The molecule has 1 fully saturated rings. The van der Waals surface area contributed by atoms with E-state index in [1.54, 1.807) is 0 Å². The lowest BCUT2D eigenvalue weighted by molar-refractivity contribution is 0.0962. The van der Waals surface area contributed by atoms with Gasteiger partial charge in [-0.1, -0.05) is 18.2 Å². The molecule has 0 radical (unpaired) electrons. The van der Waals surface area contributed by atoms with Crippen LogP contribution in [0, 0.1) is 13.8 Å². The Balaban J connectivity index is 1.58. The first-order valence-corrected chi connectivity index (χ1v) is 8.98. The molecule has 6 heteroatoms. The largest absolute Gasteiger partial charge is 0.376 e. The average molecular weight is 356 g/mol. The zero-order valence-electron chi connectivity index (χ0n) is 14.7. The number of aromatic nitrogens is 1. The number of para-hydroxylation sites is 1. The van der Waals surface area contributed by atoms with Gasteiger partial charge in [0.15, 0.2) is 5.11 Å². The molecule has 0 saturated carbocycles. The van der Waals surface area contributed by atoms with Gasteiger partial charge in [-0.05, 0) is 57.1 Å². The third-order valence-corrected chi connectivity index (χ3v) is 4.62. The van der Waals surface area contributed by atoms with E-state index in [0.29, 0.717) is 11.2 Å². The van der Waals surface area contributed by atoms with Crippen LogP contribution in [0.25, 0.3) is 0 Å². The van der Waals surface area contributed by atoms with E-state index in [4.69, 9.17) is 17.0 Å². The molecule has 1 aromatic carbocycles. The highest BCUT2D eigenvalue weighted by molar-refractivity contribution is 7.80. The standard InChI is InChI=1S/C19H24N4OS/c1-14-11-16(15(2)23(14)13-18-9-6-10-24-18)12-20-22-19(25)21-17-7-4-3-5-8-17/h3-5,7-8,11-12,18H,6,9-10,13H2,1-2H3,(H2,21,22,25)/b20-12-/t18-/m1/s1. The maximum atomic E-state index is 5.75. The van der Waals surface area contributed by atoms with E-state index in [2.05, 4.69) is 40.3 Å². The summed E-state index contributed by atoms with van der Waals surface area (Å²) in [6, 6.07) is 11.9. The SMILES string of the molecule is Cc1cc(/C=N\NC(=S)Nc2ccccc2)c(C)n1C[C@H]1CCCO1. The highest BCUT2D eigenvalue weighted by atomic mass is 32.1. The van der Waals surface area contributed by atoms with Gasteiger partial charge in [-0.2, -0.15) is 5.10 Å². The van der Waals surface area contributed by atoms with Crippen molar-refractivity contribution in [2.75, 3.05) is 11.9 Å². The summed E-state index contributed by atoms with van der Waals surface area (Å²) in [4.78, 5) is 0. The molecule has 0 aliphatic carbocycles. The molecule has 0 amide bonds. The molecule has 25 heavy (non-hydrogen) atoms. The molecule has 2 heterocycles. The first kappa shape index (κ1) is 17.6. The Hall–Kier alpha value is -2.18. The molecule has 0 bridgehead atoms. The monoisotopic (exact) mass is 356 g/mol. The molecule has 132 valence electrons. The van der Waals surface area contributed by atoms with E-state index in [9.17, 15) is 0 Å². The summed E-state index contributed by atoms with van der Waals surface area (Å²) >= 11 is 5.25. The first-order valence-electron chi connectivity index (χ1n) is 8.57. The molecule has 2 aromatic rings. The molecule has 5 nitrogen and oxygen atoms in total. The van der Waals surface area contributed by atoms with E-state index in [1.807, 2.05) is 36.5 Å². The summed E-state index contributed by atoms with van der Waals surface area (Å²) in [6.45, 7) is 6.03. The van der Waals surface area contributed by atoms with Crippen LogP contribution in [0.5, 0.6) is 0 Å². The Morgan fingerprint density at radius 2 is 2.16 bits per heavy atom. The van der Waals surface area contributed by atoms with E-state index in [1.165, 1.54) is 11.4 Å². The topological polar surface area (TPSA) is 50.6 Å². The van der Waals surface area contributed by atoms with Crippen LogP contribution in [0.4, 0.5) is 5.69 Å². The van der Waals surface area contributed by atoms with Crippen molar-refractivity contribution in [3.05, 3.63) is 53.3 Å². The number of hydrazone groups is 1. The summed E-state index contributed by atoms with van der Waals surface area (Å²) in [7, 11) is 0. The summed E-state index contributed by atoms with van der Waals surface area (Å²) < 4.78 is 8.06. The number of rotatable bonds is 5. The number of aryl methyl sites for hydroxylation is 1. The van der Waals surface area contributed by atoms with Crippen LogP contribution in [0.2, 0.25) is 0 Å². The Morgan fingerprint density at radius 3 is 2.88 bits per heavy atom. The Kier molecular flexibility index (Phi) is 5.83. The normalized spacial score (nSPS) is 17.1. The van der Waals surface area contributed by atoms with Crippen LogP contribution in [0.1, 0.15) is 29.8 Å². The van der Waals surface area contributed by atoms with Gasteiger partial charge in [-0.3, -0.25) is 5.43 Å². The molecular formula is C19H24N4OS. The highest BCUT2D eigenvalue weighted by Gasteiger charge is 2.18. The van der Waals surface area contributed by atoms with Gasteiger partial charge in [0.1, 0.15) is 0 Å². The van der Waals surface area contributed by atoms with Gasteiger partial charge in [0.2, 0.25) is 0 Å². The second kappa shape index (κ2) is 8.27. The molecule has 0 spiro atoms. The van der Waals surface area contributed by atoms with Crippen LogP contribution < -0.4 is 10.7 Å². The lowest BCUT2D eigenvalue weighted by Gasteiger charge is -2.14. The molecule has 1 aliphatic rings. The van der Waals surface area contributed by atoms with Crippen LogP contribution in [0.3, 0.4) is 0 Å². The number of nitrogens with one attached hydrogen (secondary N) is 2. The molecule has 1 aliphatic heterocycles. The smallest absolute Gasteiger partial charge is 0.191 e. The summed E-state index contributed by atoms with van der Waals surface area (Å²) in [6.07, 6.45) is 4.44. The van der Waals surface area contributed by atoms with E-state index in [0.717, 1.165) is 37.2 Å². The zero-order chi connectivity index (χ0) is 17.6. The second-order valence-electron chi connectivity index (χ2n) is 6.26. The minimum Gasteiger partial charge on any atom is -0.376 e. The van der Waals surface area contributed by atoms with Crippen molar-refractivity contribution in [2.24, 2.45) is 5.10 Å². The van der Waals surface area contributed by atoms with Crippen molar-refractivity contribution in [3.63, 3.8) is 0 Å². The van der Waals surface area contributed by atoms with Crippen LogP contribution in [-0.2, 0) is 11.3 Å². The van der Waals surface area contributed by atoms with E-state index >= 15 is 0 Å². The van der Waals surface area contributed by atoms with Gasteiger partial charge < -0.3 is 14.6 Å². The summed E-state index contributed by atoms with van der Waals surface area (Å²) in [5.74, 6) is 0. The van der Waals surface area contributed by atoms with Crippen LogP contribution in [0.15, 0.2) is 41.5 Å². The Morgan fingerprint density at radius 1 is 1.36 bits per heavy atom. The van der Waals surface area contributed by atoms with Gasteiger partial charge in [0.25, 0.3) is 0 Å². The van der Waals surface area contributed by atoms with Crippen molar-refractivity contribution in [2.45, 2.75) is 39.3 Å². The van der Waals surface area contributed by atoms with Crippen molar-refractivity contribution >= 4 is 29.2 Å². The minimum absolute atomic E-state index is 0.329. The maximum Gasteiger partial charge on any atom is 0.191 e. The van der Waals surface area contributed by atoms with E-state index in [-0.39, 0.29) is 0 Å². The summed E-state index contributed by atoms with van der Waals surface area (Å²) in [5.41, 5.74) is 7.30. The zero-order valence-corrected chi connectivity index (χ0v) is 15.5. The minimum atomic E-state index is 0.329. The molecule has 1 atom stereocenters. The third-order valence-electron chi connectivity index (χ3n) is 4.42. The van der Waals surface area contributed by atoms with Gasteiger partial charge in [0, 0.05) is 35.8 Å². The number of anilines is 1. The molecule has 0 unspecified atom stereocenters. The second-order valence-corrected chi connectivity index (χ2v) is 6.67. The maximum absolute atomic E-state index is 5.75. The number of thiocarbonyl (C=S) groups is 1. The number of hydrogen-bond donors (Lipinski definition) is 2. The Bertz CT molecular complexity index is 748. The lowest BCUT2D eigenvalue weighted by atomic mass is 10.2. The molecule has 1 aromatic heterocycles. The number of hydrogen-bond acceptors (Lipinski definition) is 3. The molecular weight excluding hydrogens is 332 g/mol. The van der Waals surface area contributed by atoms with Gasteiger partial charge in [-0.15, -0.1) is 0 Å². The van der Waals surface area contributed by atoms with Crippen molar-refractivity contribution < 1.29 is 4.74 Å². The predicted octanol–water partition coefficient (Wildman–Crippen LogP) is 3.60. The predicted molar refractivity (Wildman–Crippen MR) is 106 cm³/mol. The fraction of sp³-hybridized carbons (Fsp3) is 0.368. The van der Waals surface area contributed by atoms with Gasteiger partial charge >= 0.3 is 0 Å². The fourth-order valence-corrected chi connectivity index (χ4v) is 3.24. The molecule has 1 saturated heterocycles. The van der Waals surface area contributed by atoms with Crippen molar-refractivity contribution in [3.8, 4) is 0 Å². The van der Waals surface area contributed by atoms with Gasteiger partial charge in [-0.25, -0.2) is 0 Å². The number of nitrogens with zero attached hydrogens (tertiary/aromatic N) is 2. The number of benzene rings is 1. The highest BCUT2D eigenvalue weighted by Crippen LogP contribution is 2.19. The average Bonchev–Trinajstić information content (AvgIpc) is 3.20. The quantitative estimate of drug-likeness (QED) is 0.488. The van der Waals surface area contributed by atoms with Gasteiger partial charge in [0.05, 0.1) is 12.3 Å². The molecule has 3 rings (SSSR count).